The molecule has 0 aliphatic heterocycles. The first-order chi connectivity index (χ1) is 9.65. The second-order valence-electron chi connectivity index (χ2n) is 4.59. The zero-order valence-corrected chi connectivity index (χ0v) is 10.1. The van der Waals surface area contributed by atoms with E-state index in [1.54, 1.807) is 22.9 Å². The maximum Gasteiger partial charge on any atom is 0.160 e. The average molecular weight is 272 g/mol. The summed E-state index contributed by atoms with van der Waals surface area (Å²) in [5.74, 6) is -2.33. The van der Waals surface area contributed by atoms with Crippen molar-refractivity contribution >= 4 is 27.3 Å². The van der Waals surface area contributed by atoms with Gasteiger partial charge in [0, 0.05) is 29.2 Å². The molecule has 0 amide bonds. The molecule has 98 valence electrons. The number of halogens is 3. The van der Waals surface area contributed by atoms with Crippen molar-refractivity contribution in [1.29, 1.82) is 0 Å². The molecular formula is C15H7F3N2. The van der Waals surface area contributed by atoms with Crippen molar-refractivity contribution in [3.63, 3.8) is 0 Å². The fourth-order valence-electron chi connectivity index (χ4n) is 2.58. The Bertz CT molecular complexity index is 989. The minimum atomic E-state index is -0.956. The molecule has 0 saturated heterocycles. The van der Waals surface area contributed by atoms with Gasteiger partial charge in [0.25, 0.3) is 0 Å². The van der Waals surface area contributed by atoms with Crippen molar-refractivity contribution in [1.82, 2.24) is 9.38 Å². The molecule has 0 N–H and O–H groups in total. The molecule has 2 aromatic heterocycles. The highest BCUT2D eigenvalue weighted by Crippen LogP contribution is 2.30. The van der Waals surface area contributed by atoms with Crippen LogP contribution in [-0.4, -0.2) is 9.38 Å². The number of fused-ring (bicyclic) bond motifs is 6. The molecule has 4 aromatic rings. The Kier molecular flexibility index (Phi) is 2.10. The first kappa shape index (κ1) is 11.3. The third kappa shape index (κ3) is 1.37. The second-order valence-corrected chi connectivity index (χ2v) is 4.59. The van der Waals surface area contributed by atoms with Gasteiger partial charge in [-0.15, -0.1) is 0 Å². The summed E-state index contributed by atoms with van der Waals surface area (Å²) in [5.41, 5.74) is 1.04. The molecule has 0 radical (unpaired) electrons. The summed E-state index contributed by atoms with van der Waals surface area (Å²) < 4.78 is 42.1. The van der Waals surface area contributed by atoms with Crippen LogP contribution in [0.5, 0.6) is 0 Å². The van der Waals surface area contributed by atoms with Crippen molar-refractivity contribution in [2.45, 2.75) is 0 Å². The molecule has 0 saturated carbocycles. The maximum atomic E-state index is 13.5. The molecule has 2 nitrogen and oxygen atoms in total. The number of aromatic nitrogens is 2. The van der Waals surface area contributed by atoms with Gasteiger partial charge in [-0.25, -0.2) is 18.2 Å². The summed E-state index contributed by atoms with van der Waals surface area (Å²) in [6, 6.07) is 6.41. The van der Waals surface area contributed by atoms with Gasteiger partial charge < -0.3 is 0 Å². The predicted octanol–water partition coefficient (Wildman–Crippen LogP) is 4.06. The third-order valence-corrected chi connectivity index (χ3v) is 3.45. The van der Waals surface area contributed by atoms with E-state index in [0.717, 1.165) is 12.1 Å². The van der Waals surface area contributed by atoms with Gasteiger partial charge >= 0.3 is 0 Å². The molecular weight excluding hydrogens is 265 g/mol. The van der Waals surface area contributed by atoms with E-state index >= 15 is 0 Å². The van der Waals surface area contributed by atoms with Gasteiger partial charge in [-0.05, 0) is 29.7 Å². The van der Waals surface area contributed by atoms with Gasteiger partial charge in [0.1, 0.15) is 11.5 Å². The molecule has 0 aliphatic carbocycles. The van der Waals surface area contributed by atoms with E-state index in [1.807, 2.05) is 0 Å². The highest BCUT2D eigenvalue weighted by atomic mass is 19.2. The summed E-state index contributed by atoms with van der Waals surface area (Å²) in [4.78, 5) is 4.20. The Morgan fingerprint density at radius 2 is 1.65 bits per heavy atom. The van der Waals surface area contributed by atoms with E-state index in [0.29, 0.717) is 27.3 Å². The predicted molar refractivity (Wildman–Crippen MR) is 70.1 cm³/mol. The number of hydrogen-bond acceptors (Lipinski definition) is 1. The lowest BCUT2D eigenvalue weighted by atomic mass is 10.1. The topological polar surface area (TPSA) is 17.3 Å². The molecule has 0 unspecified atom stereocenters. The first-order valence-corrected chi connectivity index (χ1v) is 5.98. The summed E-state index contributed by atoms with van der Waals surface area (Å²) in [6.07, 6.45) is 3.23. The van der Waals surface area contributed by atoms with Crippen molar-refractivity contribution in [2.75, 3.05) is 0 Å². The minimum Gasteiger partial charge on any atom is -0.299 e. The van der Waals surface area contributed by atoms with Gasteiger partial charge in [0.15, 0.2) is 11.6 Å². The van der Waals surface area contributed by atoms with Crippen molar-refractivity contribution < 1.29 is 13.2 Å². The molecule has 0 fully saturated rings. The normalized spacial score (nSPS) is 11.8. The summed E-state index contributed by atoms with van der Waals surface area (Å²) in [7, 11) is 0. The van der Waals surface area contributed by atoms with Crippen LogP contribution in [0.25, 0.3) is 27.3 Å². The molecule has 0 atom stereocenters. The Morgan fingerprint density at radius 3 is 2.50 bits per heavy atom. The zero-order valence-electron chi connectivity index (χ0n) is 10.1. The molecule has 5 heteroatoms. The summed E-state index contributed by atoms with van der Waals surface area (Å²) >= 11 is 0. The third-order valence-electron chi connectivity index (χ3n) is 3.45. The van der Waals surface area contributed by atoms with Gasteiger partial charge in [-0.2, -0.15) is 0 Å². The first-order valence-electron chi connectivity index (χ1n) is 5.98. The van der Waals surface area contributed by atoms with Crippen LogP contribution in [0.3, 0.4) is 0 Å². The number of hydrogen-bond donors (Lipinski definition) is 0. The summed E-state index contributed by atoms with van der Waals surface area (Å²) in [6.45, 7) is 0. The number of rotatable bonds is 0. The maximum absolute atomic E-state index is 13.5. The Labute approximate surface area is 111 Å². The largest absolute Gasteiger partial charge is 0.299 e. The lowest BCUT2D eigenvalue weighted by Gasteiger charge is -2.09. The minimum absolute atomic E-state index is 0.431. The van der Waals surface area contributed by atoms with Crippen molar-refractivity contribution in [3.05, 3.63) is 60.2 Å². The van der Waals surface area contributed by atoms with Crippen LogP contribution < -0.4 is 0 Å². The van der Waals surface area contributed by atoms with E-state index in [-0.39, 0.29) is 0 Å². The van der Waals surface area contributed by atoms with Crippen molar-refractivity contribution in [2.24, 2.45) is 0 Å². The van der Waals surface area contributed by atoms with Crippen LogP contribution in [0.4, 0.5) is 13.2 Å². The van der Waals surface area contributed by atoms with Crippen LogP contribution in [-0.2, 0) is 0 Å². The van der Waals surface area contributed by atoms with Gasteiger partial charge in [-0.3, -0.25) is 4.40 Å². The quantitative estimate of drug-likeness (QED) is 0.441. The molecule has 0 aliphatic rings. The Morgan fingerprint density at radius 1 is 0.850 bits per heavy atom. The second kappa shape index (κ2) is 3.72. The fraction of sp³-hybridized carbons (Fsp3) is 0. The van der Waals surface area contributed by atoms with E-state index in [4.69, 9.17) is 0 Å². The number of benzene rings is 2. The molecule has 2 aromatic carbocycles. The van der Waals surface area contributed by atoms with Crippen LogP contribution >= 0.6 is 0 Å². The highest BCUT2D eigenvalue weighted by molar-refractivity contribution is 6.11. The van der Waals surface area contributed by atoms with Crippen LogP contribution in [0.2, 0.25) is 0 Å². The zero-order chi connectivity index (χ0) is 13.9. The van der Waals surface area contributed by atoms with Gasteiger partial charge in [-0.1, -0.05) is 0 Å². The van der Waals surface area contributed by atoms with Crippen LogP contribution in [0.1, 0.15) is 0 Å². The standard InChI is InChI=1S/C15H7F3N2/c16-8-1-2-9-10(5-8)11-6-12(17)13(18)7-14(11)20-4-3-19-15(9)20/h1-7H. The van der Waals surface area contributed by atoms with Crippen LogP contribution in [0.15, 0.2) is 42.7 Å². The lowest BCUT2D eigenvalue weighted by molar-refractivity contribution is 0.510. The van der Waals surface area contributed by atoms with Gasteiger partial charge in [0.2, 0.25) is 0 Å². The van der Waals surface area contributed by atoms with Crippen LogP contribution in [0, 0.1) is 17.5 Å². The van der Waals surface area contributed by atoms with E-state index in [1.165, 1.54) is 12.1 Å². The van der Waals surface area contributed by atoms with E-state index in [2.05, 4.69) is 4.98 Å². The fourth-order valence-corrected chi connectivity index (χ4v) is 2.58. The number of imidazole rings is 1. The van der Waals surface area contributed by atoms with Gasteiger partial charge in [0.05, 0.1) is 5.52 Å². The van der Waals surface area contributed by atoms with Crippen molar-refractivity contribution in [3.8, 4) is 0 Å². The van der Waals surface area contributed by atoms with E-state index < -0.39 is 17.5 Å². The molecule has 20 heavy (non-hydrogen) atoms. The Hall–Kier alpha value is -2.56. The Balaban J connectivity index is 2.40. The SMILES string of the molecule is Fc1ccc2c(c1)c1cc(F)c(F)cc1n1ccnc21. The highest BCUT2D eigenvalue weighted by Gasteiger charge is 2.13. The average Bonchev–Trinajstić information content (AvgIpc) is 2.90. The number of nitrogens with zero attached hydrogens (tertiary/aromatic N) is 2. The number of pyridine rings is 1. The molecule has 0 bridgehead atoms. The van der Waals surface area contributed by atoms with E-state index in [9.17, 15) is 13.2 Å². The molecule has 0 spiro atoms. The molecule has 2 heterocycles. The smallest absolute Gasteiger partial charge is 0.160 e. The molecule has 4 rings (SSSR count). The lowest BCUT2D eigenvalue weighted by Crippen LogP contribution is -1.94. The monoisotopic (exact) mass is 272 g/mol. The summed E-state index contributed by atoms with van der Waals surface area (Å²) in [5, 5.41) is 1.65.